The van der Waals surface area contributed by atoms with Crippen molar-refractivity contribution < 1.29 is 39.2 Å². The Labute approximate surface area is 122 Å². The third kappa shape index (κ3) is 15.8. The van der Waals surface area contributed by atoms with Crippen molar-refractivity contribution in [3.8, 4) is 0 Å². The molecule has 0 aliphatic rings. The van der Waals surface area contributed by atoms with Gasteiger partial charge in [0.2, 0.25) is 12.6 Å². The van der Waals surface area contributed by atoms with Gasteiger partial charge in [0, 0.05) is 31.1 Å². The standard InChI is InChI=1S/C10H16O6.C3H4O2/c1-3-7(11)15-9(13)5-6-10(14)16-8(12)4-2;1-2-3(4)5/h5-8,11-12H,3-4H2,1-2H3;2H,1H2,(H,4,5)/b6-5-;. The molecule has 2 unspecified atom stereocenters. The summed E-state index contributed by atoms with van der Waals surface area (Å²) in [5.74, 6) is -2.68. The van der Waals surface area contributed by atoms with E-state index in [1.54, 1.807) is 13.8 Å². The first kappa shape index (κ1) is 21.1. The Hall–Kier alpha value is -2.19. The summed E-state index contributed by atoms with van der Waals surface area (Å²) in [5, 5.41) is 25.5. The van der Waals surface area contributed by atoms with Crippen molar-refractivity contribution in [1.82, 2.24) is 0 Å². The Morgan fingerprint density at radius 2 is 1.29 bits per heavy atom. The van der Waals surface area contributed by atoms with Crippen LogP contribution in [0.1, 0.15) is 26.7 Å². The third-order valence-corrected chi connectivity index (χ3v) is 1.73. The number of aliphatic hydroxyl groups excluding tert-OH is 2. The van der Waals surface area contributed by atoms with Crippen LogP contribution in [-0.2, 0) is 23.9 Å². The highest BCUT2D eigenvalue weighted by molar-refractivity contribution is 5.91. The normalized spacial score (nSPS) is 12.6. The lowest BCUT2D eigenvalue weighted by Crippen LogP contribution is -2.16. The molecule has 0 aliphatic heterocycles. The van der Waals surface area contributed by atoms with E-state index in [9.17, 15) is 14.4 Å². The summed E-state index contributed by atoms with van der Waals surface area (Å²) in [6.45, 7) is 6.23. The molecule has 8 heteroatoms. The Morgan fingerprint density at radius 3 is 1.48 bits per heavy atom. The van der Waals surface area contributed by atoms with Gasteiger partial charge >= 0.3 is 17.9 Å². The number of ether oxygens (including phenoxy) is 2. The molecule has 0 bridgehead atoms. The lowest BCUT2D eigenvalue weighted by molar-refractivity contribution is -0.164. The van der Waals surface area contributed by atoms with Gasteiger partial charge in [-0.05, 0) is 0 Å². The van der Waals surface area contributed by atoms with Crippen molar-refractivity contribution in [1.29, 1.82) is 0 Å². The van der Waals surface area contributed by atoms with Gasteiger partial charge in [0.15, 0.2) is 0 Å². The highest BCUT2D eigenvalue weighted by Crippen LogP contribution is 1.96. The molecule has 3 N–H and O–H groups in total. The van der Waals surface area contributed by atoms with Crippen LogP contribution in [0.4, 0.5) is 0 Å². The molecule has 0 saturated heterocycles. The van der Waals surface area contributed by atoms with E-state index in [4.69, 9.17) is 15.3 Å². The van der Waals surface area contributed by atoms with Crippen LogP contribution in [0.15, 0.2) is 24.8 Å². The Morgan fingerprint density at radius 1 is 1.00 bits per heavy atom. The molecule has 0 fully saturated rings. The van der Waals surface area contributed by atoms with E-state index in [1.165, 1.54) is 0 Å². The molecule has 0 radical (unpaired) electrons. The molecule has 0 rings (SSSR count). The van der Waals surface area contributed by atoms with Gasteiger partial charge in [-0.15, -0.1) is 0 Å². The van der Waals surface area contributed by atoms with Crippen LogP contribution in [0, 0.1) is 0 Å². The van der Waals surface area contributed by atoms with Crippen LogP contribution < -0.4 is 0 Å². The fourth-order valence-electron chi connectivity index (χ4n) is 0.649. The Kier molecular flexibility index (Phi) is 12.9. The number of carboxylic acid groups (broad SMARTS) is 1. The van der Waals surface area contributed by atoms with Gasteiger partial charge in [-0.2, -0.15) is 0 Å². The molecule has 2 atom stereocenters. The van der Waals surface area contributed by atoms with Crippen LogP contribution in [0.25, 0.3) is 0 Å². The minimum atomic E-state index is -1.19. The van der Waals surface area contributed by atoms with E-state index in [1.807, 2.05) is 0 Å². The minimum absolute atomic E-state index is 0.262. The third-order valence-electron chi connectivity index (χ3n) is 1.73. The van der Waals surface area contributed by atoms with Crippen molar-refractivity contribution in [2.45, 2.75) is 39.3 Å². The largest absolute Gasteiger partial charge is 0.478 e. The maximum absolute atomic E-state index is 10.9. The molecule has 0 aromatic rings. The summed E-state index contributed by atoms with van der Waals surface area (Å²) >= 11 is 0. The highest BCUT2D eigenvalue weighted by atomic mass is 16.6. The second-order valence-corrected chi connectivity index (χ2v) is 3.48. The minimum Gasteiger partial charge on any atom is -0.478 e. The molecule has 0 aromatic carbocycles. The average Bonchev–Trinajstić information content (AvgIpc) is 2.45. The summed E-state index contributed by atoms with van der Waals surface area (Å²) in [6, 6.07) is 0. The average molecular weight is 304 g/mol. The summed E-state index contributed by atoms with van der Waals surface area (Å²) in [5.41, 5.74) is 0. The predicted octanol–water partition coefficient (Wildman–Crippen LogP) is 0.343. The lowest BCUT2D eigenvalue weighted by atomic mass is 10.4. The van der Waals surface area contributed by atoms with Crippen molar-refractivity contribution in [3.63, 3.8) is 0 Å². The highest BCUT2D eigenvalue weighted by Gasteiger charge is 2.08. The van der Waals surface area contributed by atoms with Crippen LogP contribution in [-0.4, -0.2) is 45.8 Å². The molecule has 0 amide bonds. The topological polar surface area (TPSA) is 130 Å². The van der Waals surface area contributed by atoms with Gasteiger partial charge in [-0.3, -0.25) is 0 Å². The molecule has 21 heavy (non-hydrogen) atoms. The van der Waals surface area contributed by atoms with Crippen LogP contribution in [0.2, 0.25) is 0 Å². The SMILES string of the molecule is C=CC(=O)O.CCC(O)OC(=O)/C=C\C(=O)OC(O)CC. The zero-order valence-corrected chi connectivity index (χ0v) is 11.9. The van der Waals surface area contributed by atoms with Crippen molar-refractivity contribution in [2.75, 3.05) is 0 Å². The number of carbonyl (C=O) groups is 3. The molecular weight excluding hydrogens is 284 g/mol. The number of rotatable bonds is 7. The Balaban J connectivity index is 0. The van der Waals surface area contributed by atoms with Gasteiger partial charge < -0.3 is 24.8 Å². The summed E-state index contributed by atoms with van der Waals surface area (Å²) in [6.07, 6.45) is 0.633. The monoisotopic (exact) mass is 304 g/mol. The van der Waals surface area contributed by atoms with Crippen LogP contribution in [0.3, 0.4) is 0 Å². The Bertz CT molecular complexity index is 348. The zero-order chi connectivity index (χ0) is 16.8. The maximum atomic E-state index is 10.9. The zero-order valence-electron chi connectivity index (χ0n) is 11.9. The molecule has 0 spiro atoms. The maximum Gasteiger partial charge on any atom is 0.333 e. The first-order valence-electron chi connectivity index (χ1n) is 6.07. The number of carbonyl (C=O) groups excluding carboxylic acids is 2. The molecule has 120 valence electrons. The van der Waals surface area contributed by atoms with E-state index in [0.29, 0.717) is 0 Å². The van der Waals surface area contributed by atoms with E-state index in [0.717, 1.165) is 18.2 Å². The van der Waals surface area contributed by atoms with Crippen molar-refractivity contribution in [3.05, 3.63) is 24.8 Å². The lowest BCUT2D eigenvalue weighted by Gasteiger charge is -2.08. The molecule has 0 heterocycles. The quantitative estimate of drug-likeness (QED) is 0.349. The fraction of sp³-hybridized carbons (Fsp3) is 0.462. The van der Waals surface area contributed by atoms with Gasteiger partial charge in [0.25, 0.3) is 0 Å². The van der Waals surface area contributed by atoms with Crippen molar-refractivity contribution >= 4 is 17.9 Å². The molecule has 0 aliphatic carbocycles. The molecule has 8 nitrogen and oxygen atoms in total. The molecular formula is C13H20O8. The number of hydrogen-bond donors (Lipinski definition) is 3. The van der Waals surface area contributed by atoms with Gasteiger partial charge in [0.05, 0.1) is 0 Å². The number of aliphatic hydroxyl groups is 2. The summed E-state index contributed by atoms with van der Waals surface area (Å²) in [7, 11) is 0. The van der Waals surface area contributed by atoms with E-state index in [2.05, 4.69) is 16.1 Å². The second kappa shape index (κ2) is 12.8. The second-order valence-electron chi connectivity index (χ2n) is 3.48. The summed E-state index contributed by atoms with van der Waals surface area (Å²) < 4.78 is 8.88. The van der Waals surface area contributed by atoms with Gasteiger partial charge in [-0.1, -0.05) is 20.4 Å². The van der Waals surface area contributed by atoms with E-state index in [-0.39, 0.29) is 12.8 Å². The number of esters is 2. The van der Waals surface area contributed by atoms with Crippen LogP contribution in [0.5, 0.6) is 0 Å². The van der Waals surface area contributed by atoms with E-state index >= 15 is 0 Å². The number of aliphatic carboxylic acids is 1. The molecule has 0 aromatic heterocycles. The van der Waals surface area contributed by atoms with Crippen LogP contribution >= 0.6 is 0 Å². The molecule has 0 saturated carbocycles. The van der Waals surface area contributed by atoms with Crippen molar-refractivity contribution in [2.24, 2.45) is 0 Å². The van der Waals surface area contributed by atoms with Gasteiger partial charge in [0.1, 0.15) is 0 Å². The smallest absolute Gasteiger partial charge is 0.333 e. The van der Waals surface area contributed by atoms with E-state index < -0.39 is 30.5 Å². The number of carboxylic acids is 1. The first-order chi connectivity index (χ1) is 9.76. The summed E-state index contributed by atoms with van der Waals surface area (Å²) in [4.78, 5) is 31.1. The first-order valence-corrected chi connectivity index (χ1v) is 6.07. The fourth-order valence-corrected chi connectivity index (χ4v) is 0.649. The number of hydrogen-bond acceptors (Lipinski definition) is 7. The predicted molar refractivity (Wildman–Crippen MR) is 71.8 cm³/mol. The van der Waals surface area contributed by atoms with Gasteiger partial charge in [-0.25, -0.2) is 14.4 Å².